The lowest BCUT2D eigenvalue weighted by atomic mass is 10.2. The van der Waals surface area contributed by atoms with Crippen LogP contribution in [0.3, 0.4) is 0 Å². The summed E-state index contributed by atoms with van der Waals surface area (Å²) in [7, 11) is 1.65. The van der Waals surface area contributed by atoms with Gasteiger partial charge in [0.2, 0.25) is 5.95 Å². The maximum Gasteiger partial charge on any atom is 0.223 e. The van der Waals surface area contributed by atoms with E-state index in [1.165, 1.54) is 0 Å². The van der Waals surface area contributed by atoms with E-state index >= 15 is 0 Å². The van der Waals surface area contributed by atoms with Gasteiger partial charge in [-0.2, -0.15) is 5.10 Å². The van der Waals surface area contributed by atoms with Crippen LogP contribution in [0.2, 0.25) is 0 Å². The standard InChI is InChI=1S/C19H18N6OS/c1-13-23-15(12-27-13)10-21-19-20-7-6-18(24-19)14-9-22-25(11-14)16-4-3-5-17(8-16)26-2/h3-9,11-12H,10H2,1-2H3,(H,20,21,24). The topological polar surface area (TPSA) is 77.8 Å². The van der Waals surface area contributed by atoms with Gasteiger partial charge in [0.15, 0.2) is 0 Å². The van der Waals surface area contributed by atoms with Crippen LogP contribution < -0.4 is 10.1 Å². The van der Waals surface area contributed by atoms with Crippen LogP contribution in [0.4, 0.5) is 5.95 Å². The smallest absolute Gasteiger partial charge is 0.223 e. The van der Waals surface area contributed by atoms with Crippen LogP contribution in [0.1, 0.15) is 10.7 Å². The van der Waals surface area contributed by atoms with Crippen molar-refractivity contribution in [1.29, 1.82) is 0 Å². The Morgan fingerprint density at radius 3 is 2.96 bits per heavy atom. The zero-order chi connectivity index (χ0) is 18.6. The molecule has 3 heterocycles. The summed E-state index contributed by atoms with van der Waals surface area (Å²) in [6.07, 6.45) is 5.46. The molecule has 0 aliphatic rings. The molecule has 1 N–H and O–H groups in total. The van der Waals surface area contributed by atoms with Crippen LogP contribution in [0.15, 0.2) is 54.3 Å². The molecule has 0 unspecified atom stereocenters. The molecule has 0 aliphatic carbocycles. The van der Waals surface area contributed by atoms with Gasteiger partial charge in [-0.15, -0.1) is 11.3 Å². The molecule has 0 saturated carbocycles. The number of aryl methyl sites for hydroxylation is 1. The lowest BCUT2D eigenvalue weighted by Gasteiger charge is -2.05. The van der Waals surface area contributed by atoms with Gasteiger partial charge in [0.25, 0.3) is 0 Å². The molecule has 0 bridgehead atoms. The first kappa shape index (κ1) is 17.2. The van der Waals surface area contributed by atoms with Gasteiger partial charge >= 0.3 is 0 Å². The minimum absolute atomic E-state index is 0.562. The molecule has 1 aromatic carbocycles. The van der Waals surface area contributed by atoms with E-state index in [-0.39, 0.29) is 0 Å². The van der Waals surface area contributed by atoms with E-state index in [0.29, 0.717) is 12.5 Å². The SMILES string of the molecule is COc1cccc(-n2cc(-c3ccnc(NCc4csc(C)n4)n3)cn2)c1. The molecule has 0 spiro atoms. The van der Waals surface area contributed by atoms with E-state index in [9.17, 15) is 0 Å². The Balaban J connectivity index is 1.52. The third-order valence-corrected chi connectivity index (χ3v) is 4.77. The number of nitrogens with one attached hydrogen (secondary N) is 1. The normalized spacial score (nSPS) is 10.7. The van der Waals surface area contributed by atoms with Crippen molar-refractivity contribution in [2.24, 2.45) is 0 Å². The highest BCUT2D eigenvalue weighted by atomic mass is 32.1. The number of methoxy groups -OCH3 is 1. The second-order valence-electron chi connectivity index (χ2n) is 5.85. The number of nitrogens with zero attached hydrogens (tertiary/aromatic N) is 5. The molecule has 0 amide bonds. The third kappa shape index (κ3) is 3.95. The Bertz CT molecular complexity index is 1060. The Morgan fingerprint density at radius 2 is 2.15 bits per heavy atom. The van der Waals surface area contributed by atoms with E-state index < -0.39 is 0 Å². The summed E-state index contributed by atoms with van der Waals surface area (Å²) >= 11 is 1.63. The van der Waals surface area contributed by atoms with Crippen LogP contribution >= 0.6 is 11.3 Å². The summed E-state index contributed by atoms with van der Waals surface area (Å²) in [4.78, 5) is 13.3. The molecule has 0 radical (unpaired) electrons. The van der Waals surface area contributed by atoms with E-state index in [1.54, 1.807) is 35.5 Å². The molecule has 27 heavy (non-hydrogen) atoms. The Morgan fingerprint density at radius 1 is 1.22 bits per heavy atom. The number of hydrogen-bond acceptors (Lipinski definition) is 7. The molecule has 3 aromatic heterocycles. The Kier molecular flexibility index (Phi) is 4.80. The largest absolute Gasteiger partial charge is 0.497 e. The predicted octanol–water partition coefficient (Wildman–Crippen LogP) is 3.71. The molecule has 0 aliphatic heterocycles. The van der Waals surface area contributed by atoms with E-state index in [2.05, 4.69) is 25.4 Å². The average molecular weight is 378 g/mol. The number of anilines is 1. The molecule has 8 heteroatoms. The minimum Gasteiger partial charge on any atom is -0.497 e. The van der Waals surface area contributed by atoms with Crippen LogP contribution in [0.5, 0.6) is 5.75 Å². The van der Waals surface area contributed by atoms with Crippen molar-refractivity contribution in [3.8, 4) is 22.7 Å². The fourth-order valence-electron chi connectivity index (χ4n) is 2.61. The molecule has 0 saturated heterocycles. The molecule has 7 nitrogen and oxygen atoms in total. The number of rotatable bonds is 6. The van der Waals surface area contributed by atoms with Gasteiger partial charge in [0.05, 0.1) is 41.9 Å². The molecule has 0 atom stereocenters. The van der Waals surface area contributed by atoms with Crippen LogP contribution in [-0.4, -0.2) is 31.8 Å². The highest BCUT2D eigenvalue weighted by Crippen LogP contribution is 2.21. The van der Waals surface area contributed by atoms with Gasteiger partial charge in [0.1, 0.15) is 5.75 Å². The van der Waals surface area contributed by atoms with Crippen LogP contribution in [0.25, 0.3) is 16.9 Å². The minimum atomic E-state index is 0.562. The van der Waals surface area contributed by atoms with Gasteiger partial charge in [0, 0.05) is 29.4 Å². The second-order valence-corrected chi connectivity index (χ2v) is 6.91. The Hall–Kier alpha value is -3.26. The van der Waals surface area contributed by atoms with E-state index in [0.717, 1.165) is 33.4 Å². The molecule has 0 fully saturated rings. The fourth-order valence-corrected chi connectivity index (χ4v) is 3.23. The van der Waals surface area contributed by atoms with Gasteiger partial charge < -0.3 is 10.1 Å². The zero-order valence-electron chi connectivity index (χ0n) is 15.0. The maximum absolute atomic E-state index is 5.27. The van der Waals surface area contributed by atoms with Crippen LogP contribution in [-0.2, 0) is 6.54 Å². The first-order valence-corrected chi connectivity index (χ1v) is 9.26. The number of ether oxygens (including phenoxy) is 1. The molecule has 4 aromatic rings. The van der Waals surface area contributed by atoms with Crippen molar-refractivity contribution in [3.63, 3.8) is 0 Å². The maximum atomic E-state index is 5.27. The van der Waals surface area contributed by atoms with Crippen molar-refractivity contribution in [3.05, 3.63) is 65.0 Å². The summed E-state index contributed by atoms with van der Waals surface area (Å²) < 4.78 is 7.07. The molecular weight excluding hydrogens is 360 g/mol. The summed E-state index contributed by atoms with van der Waals surface area (Å²) in [6.45, 7) is 2.59. The van der Waals surface area contributed by atoms with E-state index in [1.807, 2.05) is 48.8 Å². The number of thiazole rings is 1. The summed E-state index contributed by atoms with van der Waals surface area (Å²) in [5, 5.41) is 10.7. The molecule has 136 valence electrons. The summed E-state index contributed by atoms with van der Waals surface area (Å²) in [6, 6.07) is 9.61. The van der Waals surface area contributed by atoms with Crippen molar-refractivity contribution in [1.82, 2.24) is 24.7 Å². The number of benzene rings is 1. The van der Waals surface area contributed by atoms with Crippen molar-refractivity contribution in [2.75, 3.05) is 12.4 Å². The van der Waals surface area contributed by atoms with Gasteiger partial charge in [-0.3, -0.25) is 0 Å². The summed E-state index contributed by atoms with van der Waals surface area (Å²) in [5.41, 5.74) is 3.62. The number of aromatic nitrogens is 5. The zero-order valence-corrected chi connectivity index (χ0v) is 15.8. The predicted molar refractivity (Wildman–Crippen MR) is 105 cm³/mol. The summed E-state index contributed by atoms with van der Waals surface area (Å²) in [5.74, 6) is 1.35. The second kappa shape index (κ2) is 7.55. The van der Waals surface area contributed by atoms with Crippen molar-refractivity contribution in [2.45, 2.75) is 13.5 Å². The van der Waals surface area contributed by atoms with Gasteiger partial charge in [-0.05, 0) is 25.1 Å². The highest BCUT2D eigenvalue weighted by molar-refractivity contribution is 7.09. The Labute approximate surface area is 160 Å². The number of hydrogen-bond donors (Lipinski definition) is 1. The van der Waals surface area contributed by atoms with Gasteiger partial charge in [-0.1, -0.05) is 6.07 Å². The highest BCUT2D eigenvalue weighted by Gasteiger charge is 2.08. The fraction of sp³-hybridized carbons (Fsp3) is 0.158. The van der Waals surface area contributed by atoms with Gasteiger partial charge in [-0.25, -0.2) is 19.6 Å². The quantitative estimate of drug-likeness (QED) is 0.551. The van der Waals surface area contributed by atoms with Crippen LogP contribution in [0, 0.1) is 6.92 Å². The van der Waals surface area contributed by atoms with Crippen molar-refractivity contribution >= 4 is 17.3 Å². The van der Waals surface area contributed by atoms with Crippen molar-refractivity contribution < 1.29 is 4.74 Å². The first-order chi connectivity index (χ1) is 13.2. The third-order valence-electron chi connectivity index (χ3n) is 3.95. The molecular formula is C19H18N6OS. The van der Waals surface area contributed by atoms with E-state index in [4.69, 9.17) is 4.74 Å². The average Bonchev–Trinajstić information content (AvgIpc) is 3.36. The lowest BCUT2D eigenvalue weighted by molar-refractivity contribution is 0.414. The first-order valence-electron chi connectivity index (χ1n) is 8.38. The lowest BCUT2D eigenvalue weighted by Crippen LogP contribution is -2.04. The monoisotopic (exact) mass is 378 g/mol. The molecule has 4 rings (SSSR count).